The monoisotopic (exact) mass is 226 g/mol. The third-order valence-corrected chi connectivity index (χ3v) is 2.25. The second-order valence-electron chi connectivity index (χ2n) is 3.96. The number of hydrogen-bond donors (Lipinski definition) is 1. The lowest BCUT2D eigenvalue weighted by atomic mass is 10.2. The van der Waals surface area contributed by atoms with Gasteiger partial charge in [0.15, 0.2) is 0 Å². The summed E-state index contributed by atoms with van der Waals surface area (Å²) in [6.45, 7) is 1.89. The van der Waals surface area contributed by atoms with Gasteiger partial charge in [-0.05, 0) is 38.7 Å². The molecule has 0 aliphatic heterocycles. The first-order chi connectivity index (χ1) is 7.63. The number of nitrogens with two attached hydrogens (primary N) is 1. The van der Waals surface area contributed by atoms with Gasteiger partial charge >= 0.3 is 0 Å². The Bertz CT molecular complexity index is 329. The third-order valence-electron chi connectivity index (χ3n) is 2.25. The highest BCUT2D eigenvalue weighted by molar-refractivity contribution is 5.33. The Morgan fingerprint density at radius 1 is 1.38 bits per heavy atom. The fourth-order valence-electron chi connectivity index (χ4n) is 1.41. The summed E-state index contributed by atoms with van der Waals surface area (Å²) in [7, 11) is 4.03. The summed E-state index contributed by atoms with van der Waals surface area (Å²) in [4.78, 5) is 2.10. The van der Waals surface area contributed by atoms with E-state index in [0.29, 0.717) is 24.5 Å². The second-order valence-corrected chi connectivity index (χ2v) is 3.96. The zero-order chi connectivity index (χ0) is 12.0. The van der Waals surface area contributed by atoms with Gasteiger partial charge in [0.25, 0.3) is 0 Å². The van der Waals surface area contributed by atoms with Crippen molar-refractivity contribution in [2.75, 3.05) is 27.2 Å². The molecule has 1 aromatic rings. The summed E-state index contributed by atoms with van der Waals surface area (Å²) in [6.07, 6.45) is 0.939. The standard InChI is InChI=1S/C12H19FN2O/c1-15(2)6-3-7-16-12-5-4-11(13)8-10(12)9-14/h4-5,8H,3,6-7,9,14H2,1-2H3. The summed E-state index contributed by atoms with van der Waals surface area (Å²) in [5, 5.41) is 0. The van der Waals surface area contributed by atoms with Crippen molar-refractivity contribution in [1.29, 1.82) is 0 Å². The fraction of sp³-hybridized carbons (Fsp3) is 0.500. The summed E-state index contributed by atoms with van der Waals surface area (Å²) >= 11 is 0. The molecule has 0 amide bonds. The van der Waals surface area contributed by atoms with Crippen LogP contribution in [-0.4, -0.2) is 32.1 Å². The van der Waals surface area contributed by atoms with Gasteiger partial charge in [0, 0.05) is 18.7 Å². The lowest BCUT2D eigenvalue weighted by Gasteiger charge is -2.12. The smallest absolute Gasteiger partial charge is 0.123 e. The molecule has 0 aliphatic carbocycles. The van der Waals surface area contributed by atoms with Gasteiger partial charge in [-0.3, -0.25) is 0 Å². The molecule has 0 aromatic heterocycles. The molecule has 4 heteroatoms. The van der Waals surface area contributed by atoms with Gasteiger partial charge in [-0.15, -0.1) is 0 Å². The van der Waals surface area contributed by atoms with Crippen molar-refractivity contribution in [3.05, 3.63) is 29.6 Å². The molecular formula is C12H19FN2O. The van der Waals surface area contributed by atoms with Crippen LogP contribution in [0.2, 0.25) is 0 Å². The Kier molecular flexibility index (Phi) is 5.22. The minimum absolute atomic E-state index is 0.277. The SMILES string of the molecule is CN(C)CCCOc1ccc(F)cc1CN. The van der Waals surface area contributed by atoms with Gasteiger partial charge in [-0.25, -0.2) is 4.39 Å². The molecule has 0 unspecified atom stereocenters. The van der Waals surface area contributed by atoms with E-state index in [1.807, 2.05) is 14.1 Å². The van der Waals surface area contributed by atoms with Crippen LogP contribution in [0.5, 0.6) is 5.75 Å². The number of hydrogen-bond acceptors (Lipinski definition) is 3. The molecule has 16 heavy (non-hydrogen) atoms. The maximum atomic E-state index is 12.9. The number of rotatable bonds is 6. The Labute approximate surface area is 96.0 Å². The van der Waals surface area contributed by atoms with Gasteiger partial charge in [0.05, 0.1) is 6.61 Å². The molecule has 3 nitrogen and oxygen atoms in total. The van der Waals surface area contributed by atoms with E-state index in [9.17, 15) is 4.39 Å². The van der Waals surface area contributed by atoms with Gasteiger partial charge in [0.1, 0.15) is 11.6 Å². The van der Waals surface area contributed by atoms with Crippen LogP contribution in [0.3, 0.4) is 0 Å². The van der Waals surface area contributed by atoms with E-state index in [2.05, 4.69) is 4.90 Å². The van der Waals surface area contributed by atoms with Crippen LogP contribution in [0.4, 0.5) is 4.39 Å². The molecule has 0 bridgehead atoms. The van der Waals surface area contributed by atoms with Gasteiger partial charge in [-0.2, -0.15) is 0 Å². The van der Waals surface area contributed by atoms with E-state index in [-0.39, 0.29) is 5.82 Å². The number of ether oxygens (including phenoxy) is 1. The highest BCUT2D eigenvalue weighted by Gasteiger charge is 2.03. The first kappa shape index (κ1) is 12.9. The molecule has 0 spiro atoms. The van der Waals surface area contributed by atoms with Crippen LogP contribution in [0.25, 0.3) is 0 Å². The Morgan fingerprint density at radius 3 is 2.75 bits per heavy atom. The van der Waals surface area contributed by atoms with E-state index < -0.39 is 0 Å². The minimum atomic E-state index is -0.277. The fourth-order valence-corrected chi connectivity index (χ4v) is 1.41. The topological polar surface area (TPSA) is 38.5 Å². The van der Waals surface area contributed by atoms with E-state index in [1.165, 1.54) is 12.1 Å². The average molecular weight is 226 g/mol. The highest BCUT2D eigenvalue weighted by atomic mass is 19.1. The maximum Gasteiger partial charge on any atom is 0.123 e. The average Bonchev–Trinajstić information content (AvgIpc) is 2.25. The third kappa shape index (κ3) is 4.16. The summed E-state index contributed by atoms with van der Waals surface area (Å²) in [5.41, 5.74) is 6.23. The lowest BCUT2D eigenvalue weighted by molar-refractivity contribution is 0.279. The first-order valence-electron chi connectivity index (χ1n) is 5.39. The van der Waals surface area contributed by atoms with Crippen molar-refractivity contribution in [2.24, 2.45) is 5.73 Å². The van der Waals surface area contributed by atoms with Crippen molar-refractivity contribution in [2.45, 2.75) is 13.0 Å². The number of nitrogens with zero attached hydrogens (tertiary/aromatic N) is 1. The molecule has 0 fully saturated rings. The molecule has 1 aromatic carbocycles. The maximum absolute atomic E-state index is 12.9. The van der Waals surface area contributed by atoms with E-state index in [4.69, 9.17) is 10.5 Å². The van der Waals surface area contributed by atoms with E-state index >= 15 is 0 Å². The molecule has 2 N–H and O–H groups in total. The van der Waals surface area contributed by atoms with Gasteiger partial charge in [0.2, 0.25) is 0 Å². The Balaban J connectivity index is 2.47. The molecule has 0 heterocycles. The molecule has 0 radical (unpaired) electrons. The highest BCUT2D eigenvalue weighted by Crippen LogP contribution is 2.19. The van der Waals surface area contributed by atoms with E-state index in [1.54, 1.807) is 6.07 Å². The van der Waals surface area contributed by atoms with Crippen LogP contribution >= 0.6 is 0 Å². The van der Waals surface area contributed by atoms with Gasteiger partial charge < -0.3 is 15.4 Å². The molecule has 0 aliphatic rings. The zero-order valence-electron chi connectivity index (χ0n) is 9.87. The van der Waals surface area contributed by atoms with Crippen LogP contribution < -0.4 is 10.5 Å². The Hall–Kier alpha value is -1.13. The molecule has 90 valence electrons. The number of benzene rings is 1. The minimum Gasteiger partial charge on any atom is -0.493 e. The largest absolute Gasteiger partial charge is 0.493 e. The molecule has 1 rings (SSSR count). The van der Waals surface area contributed by atoms with Crippen molar-refractivity contribution < 1.29 is 9.13 Å². The predicted octanol–water partition coefficient (Wildman–Crippen LogP) is 1.61. The molecule has 0 atom stereocenters. The molecule has 0 saturated heterocycles. The van der Waals surface area contributed by atoms with Crippen molar-refractivity contribution >= 4 is 0 Å². The van der Waals surface area contributed by atoms with Crippen LogP contribution in [-0.2, 0) is 6.54 Å². The number of halogens is 1. The summed E-state index contributed by atoms with van der Waals surface area (Å²) < 4.78 is 18.5. The van der Waals surface area contributed by atoms with Crippen LogP contribution in [0, 0.1) is 5.82 Å². The Morgan fingerprint density at radius 2 is 2.12 bits per heavy atom. The van der Waals surface area contributed by atoms with Crippen molar-refractivity contribution in [3.63, 3.8) is 0 Å². The van der Waals surface area contributed by atoms with Crippen LogP contribution in [0.15, 0.2) is 18.2 Å². The summed E-state index contributed by atoms with van der Waals surface area (Å²) in [5.74, 6) is 0.406. The second kappa shape index (κ2) is 6.45. The predicted molar refractivity (Wildman–Crippen MR) is 63.0 cm³/mol. The molecule has 0 saturated carbocycles. The van der Waals surface area contributed by atoms with Gasteiger partial charge in [-0.1, -0.05) is 0 Å². The summed E-state index contributed by atoms with van der Waals surface area (Å²) in [6, 6.07) is 4.44. The lowest BCUT2D eigenvalue weighted by Crippen LogP contribution is -2.16. The molecular weight excluding hydrogens is 207 g/mol. The normalized spacial score (nSPS) is 10.8. The van der Waals surface area contributed by atoms with Crippen molar-refractivity contribution in [1.82, 2.24) is 4.90 Å². The van der Waals surface area contributed by atoms with Crippen molar-refractivity contribution in [3.8, 4) is 5.75 Å². The quantitative estimate of drug-likeness (QED) is 0.749. The first-order valence-corrected chi connectivity index (χ1v) is 5.39. The van der Waals surface area contributed by atoms with E-state index in [0.717, 1.165) is 13.0 Å². The zero-order valence-corrected chi connectivity index (χ0v) is 9.87. The van der Waals surface area contributed by atoms with Crippen LogP contribution in [0.1, 0.15) is 12.0 Å².